The number of benzene rings is 1. The van der Waals surface area contributed by atoms with E-state index in [1.807, 2.05) is 0 Å². The van der Waals surface area contributed by atoms with Gasteiger partial charge in [-0.3, -0.25) is 0 Å². The molecule has 30 heavy (non-hydrogen) atoms. The molecule has 0 saturated carbocycles. The third-order valence-electron chi connectivity index (χ3n) is 5.50. The van der Waals surface area contributed by atoms with Crippen LogP contribution < -0.4 is 10.5 Å². The van der Waals surface area contributed by atoms with Gasteiger partial charge in [-0.15, -0.1) is 15.7 Å². The van der Waals surface area contributed by atoms with Crippen molar-refractivity contribution in [1.29, 1.82) is 5.26 Å². The molecule has 2 amide bonds. The first-order chi connectivity index (χ1) is 14.1. The number of aliphatic hydroxyl groups is 1. The fraction of sp³-hybridized carbons (Fsp3) is 0.450. The lowest BCUT2D eigenvalue weighted by molar-refractivity contribution is 0.0783. The van der Waals surface area contributed by atoms with Crippen LogP contribution in [0, 0.1) is 11.3 Å². The monoisotopic (exact) mass is 445 g/mol. The van der Waals surface area contributed by atoms with Gasteiger partial charge in [0, 0.05) is 5.69 Å². The smallest absolute Gasteiger partial charge is 0.354 e. The van der Waals surface area contributed by atoms with E-state index in [0.29, 0.717) is 10.7 Å². The zero-order valence-corrected chi connectivity index (χ0v) is 18.5. The summed E-state index contributed by atoms with van der Waals surface area (Å²) in [5.41, 5.74) is 4.27. The summed E-state index contributed by atoms with van der Waals surface area (Å²) in [7, 11) is -3.50. The number of aromatic nitrogens is 1. The van der Waals surface area contributed by atoms with Crippen molar-refractivity contribution in [1.82, 2.24) is 4.98 Å². The average Bonchev–Trinajstić information content (AvgIpc) is 3.40. The number of nitrogens with two attached hydrogens (primary N) is 1. The third-order valence-corrected chi connectivity index (χ3v) is 8.69. The van der Waals surface area contributed by atoms with E-state index in [-0.39, 0.29) is 4.21 Å². The van der Waals surface area contributed by atoms with Crippen LogP contribution in [0.3, 0.4) is 0 Å². The Hall–Kier alpha value is -2.32. The molecule has 1 unspecified atom stereocenters. The molecule has 0 aliphatic heterocycles. The highest BCUT2D eigenvalue weighted by Gasteiger charge is 2.30. The fourth-order valence-corrected chi connectivity index (χ4v) is 6.28. The van der Waals surface area contributed by atoms with Crippen molar-refractivity contribution < 1.29 is 14.1 Å². The number of amides is 2. The van der Waals surface area contributed by atoms with Gasteiger partial charge in [-0.25, -0.2) is 19.1 Å². The summed E-state index contributed by atoms with van der Waals surface area (Å²) >= 11 is 0.969. The van der Waals surface area contributed by atoms with Crippen LogP contribution in [0.4, 0.5) is 10.5 Å². The van der Waals surface area contributed by atoms with Gasteiger partial charge in [0.2, 0.25) is 0 Å². The highest BCUT2D eigenvalue weighted by molar-refractivity contribution is 7.93. The molecule has 2 aliphatic carbocycles. The molecule has 1 atom stereocenters. The second-order valence-corrected chi connectivity index (χ2v) is 11.2. The maximum atomic E-state index is 12.9. The van der Waals surface area contributed by atoms with Gasteiger partial charge in [-0.2, -0.15) is 5.26 Å². The van der Waals surface area contributed by atoms with E-state index in [9.17, 15) is 19.4 Å². The minimum atomic E-state index is -3.50. The zero-order chi connectivity index (χ0) is 21.7. The summed E-state index contributed by atoms with van der Waals surface area (Å²) in [6.45, 7) is 3.12. The number of carbonyl (C=O) groups excluding carboxylic acids is 1. The second kappa shape index (κ2) is 7.42. The van der Waals surface area contributed by atoms with Gasteiger partial charge in [0.25, 0.3) is 0 Å². The summed E-state index contributed by atoms with van der Waals surface area (Å²) in [5.74, 6) is 0. The molecule has 4 rings (SSSR count). The van der Waals surface area contributed by atoms with E-state index in [1.165, 1.54) is 6.20 Å². The lowest BCUT2D eigenvalue weighted by Gasteiger charge is -2.17. The fourth-order valence-electron chi connectivity index (χ4n) is 4.22. The van der Waals surface area contributed by atoms with Gasteiger partial charge in [0.15, 0.2) is 9.92 Å². The largest absolute Gasteiger partial charge is 0.383 e. The number of nitrogens with one attached hydrogen (secondary N) is 1. The Bertz CT molecular complexity index is 1180. The van der Waals surface area contributed by atoms with Crippen LogP contribution >= 0.6 is 11.3 Å². The third kappa shape index (κ3) is 3.63. The van der Waals surface area contributed by atoms with Gasteiger partial charge >= 0.3 is 6.03 Å². The average molecular weight is 446 g/mol. The summed E-state index contributed by atoms with van der Waals surface area (Å²) < 4.78 is 16.8. The Labute approximate surface area is 179 Å². The molecule has 2 aromatic rings. The summed E-state index contributed by atoms with van der Waals surface area (Å²) in [4.78, 5) is 16.7. The summed E-state index contributed by atoms with van der Waals surface area (Å²) in [5, 5.41) is 28.7. The molecule has 0 bridgehead atoms. The Balaban J connectivity index is 1.69. The van der Waals surface area contributed by atoms with Gasteiger partial charge in [-0.05, 0) is 74.6 Å². The SMILES string of the molecule is CC(C)(O)c1ncc(S(N)(=O)=NC(=O)Nc2c3c(c(C#N)c4c2CCC4)CCC3)s1. The predicted molar refractivity (Wildman–Crippen MR) is 115 cm³/mol. The Kier molecular flexibility index (Phi) is 5.18. The van der Waals surface area contributed by atoms with E-state index < -0.39 is 21.5 Å². The van der Waals surface area contributed by atoms with Gasteiger partial charge in [-0.1, -0.05) is 0 Å². The first-order valence-corrected chi connectivity index (χ1v) is 12.2. The van der Waals surface area contributed by atoms with Crippen LogP contribution in [-0.2, 0) is 41.2 Å². The van der Waals surface area contributed by atoms with E-state index in [1.54, 1.807) is 13.8 Å². The number of hydrogen-bond acceptors (Lipinski definition) is 6. The normalized spacial score (nSPS) is 17.0. The number of nitriles is 1. The molecular weight excluding hydrogens is 422 g/mol. The van der Waals surface area contributed by atoms with E-state index in [2.05, 4.69) is 20.7 Å². The maximum Gasteiger partial charge on any atom is 0.354 e. The van der Waals surface area contributed by atoms with Crippen LogP contribution in [0.25, 0.3) is 0 Å². The number of carbonyl (C=O) groups is 1. The zero-order valence-electron chi connectivity index (χ0n) is 16.8. The van der Waals surface area contributed by atoms with Crippen molar-refractivity contribution in [3.63, 3.8) is 0 Å². The molecule has 158 valence electrons. The van der Waals surface area contributed by atoms with E-state index >= 15 is 0 Å². The molecule has 10 heteroatoms. The van der Waals surface area contributed by atoms with E-state index in [0.717, 1.165) is 77.7 Å². The highest BCUT2D eigenvalue weighted by Crippen LogP contribution is 2.41. The number of urea groups is 1. The number of fused-ring (bicyclic) bond motifs is 2. The van der Waals surface area contributed by atoms with Crippen LogP contribution in [0.15, 0.2) is 14.8 Å². The minimum absolute atomic E-state index is 0.130. The molecule has 4 N–H and O–H groups in total. The van der Waals surface area contributed by atoms with Crippen molar-refractivity contribution in [3.8, 4) is 6.07 Å². The molecule has 0 spiro atoms. The molecule has 0 saturated heterocycles. The first-order valence-electron chi connectivity index (χ1n) is 9.76. The maximum absolute atomic E-state index is 12.9. The van der Waals surface area contributed by atoms with Crippen molar-refractivity contribution >= 4 is 33.0 Å². The molecule has 1 aromatic heterocycles. The standard InChI is InChI=1S/C20H23N5O3S2/c1-20(2,27)18-23-10-16(29-18)30(22,28)25-19(26)24-17-13-7-3-5-11(13)15(9-21)12-6-4-8-14(12)17/h10,27H,3-8H2,1-2H3,(H3,22,24,25,26,28). The topological polar surface area (TPSA) is 141 Å². The van der Waals surface area contributed by atoms with Crippen LogP contribution in [-0.4, -0.2) is 20.3 Å². The van der Waals surface area contributed by atoms with Crippen LogP contribution in [0.1, 0.15) is 59.5 Å². The number of nitrogens with zero attached hydrogens (tertiary/aromatic N) is 3. The molecule has 2 aliphatic rings. The molecule has 1 heterocycles. The second-order valence-electron chi connectivity index (χ2n) is 8.12. The molecule has 8 nitrogen and oxygen atoms in total. The summed E-state index contributed by atoms with van der Waals surface area (Å²) in [6, 6.07) is 1.57. The first kappa shape index (κ1) is 20.9. The lowest BCUT2D eigenvalue weighted by atomic mass is 9.93. The quantitative estimate of drug-likeness (QED) is 0.665. The Morgan fingerprint density at radius 3 is 2.33 bits per heavy atom. The van der Waals surface area contributed by atoms with Gasteiger partial charge in [0.05, 0.1) is 17.8 Å². The van der Waals surface area contributed by atoms with Crippen molar-refractivity contribution in [3.05, 3.63) is 39.0 Å². The molecule has 0 fully saturated rings. The van der Waals surface area contributed by atoms with E-state index in [4.69, 9.17) is 5.14 Å². The number of thiazole rings is 1. The summed E-state index contributed by atoms with van der Waals surface area (Å²) in [6.07, 6.45) is 6.36. The highest BCUT2D eigenvalue weighted by atomic mass is 32.2. The molecular formula is C20H23N5O3S2. The predicted octanol–water partition coefficient (Wildman–Crippen LogP) is 3.15. The van der Waals surface area contributed by atoms with Crippen molar-refractivity contribution in [2.45, 2.75) is 62.2 Å². The van der Waals surface area contributed by atoms with Gasteiger partial charge < -0.3 is 10.4 Å². The number of hydrogen-bond donors (Lipinski definition) is 3. The van der Waals surface area contributed by atoms with Gasteiger partial charge in [0.1, 0.15) is 14.8 Å². The number of rotatable bonds is 3. The molecule has 1 aromatic carbocycles. The Morgan fingerprint density at radius 2 is 1.83 bits per heavy atom. The van der Waals surface area contributed by atoms with Crippen molar-refractivity contribution in [2.75, 3.05) is 5.32 Å². The number of anilines is 1. The lowest BCUT2D eigenvalue weighted by Crippen LogP contribution is -2.18. The van der Waals surface area contributed by atoms with Crippen LogP contribution in [0.5, 0.6) is 0 Å². The minimum Gasteiger partial charge on any atom is -0.383 e. The molecule has 0 radical (unpaired) electrons. The van der Waals surface area contributed by atoms with Crippen molar-refractivity contribution in [2.24, 2.45) is 9.50 Å². The van der Waals surface area contributed by atoms with Crippen LogP contribution in [0.2, 0.25) is 0 Å². The Morgan fingerprint density at radius 1 is 1.27 bits per heavy atom.